The van der Waals surface area contributed by atoms with Gasteiger partial charge in [0.15, 0.2) is 0 Å². The molecule has 0 aliphatic heterocycles. The monoisotopic (exact) mass is 529 g/mol. The lowest BCUT2D eigenvalue weighted by molar-refractivity contribution is -0.129. The molecule has 5 nitrogen and oxygen atoms in total. The molecule has 2 fully saturated rings. The molecule has 0 spiro atoms. The van der Waals surface area contributed by atoms with E-state index in [1.807, 2.05) is 60.7 Å². The number of hydrogen-bond acceptors (Lipinski definition) is 5. The largest absolute Gasteiger partial charge is 0.497 e. The van der Waals surface area contributed by atoms with Crippen molar-refractivity contribution in [1.82, 2.24) is 0 Å². The summed E-state index contributed by atoms with van der Waals surface area (Å²) in [4.78, 5) is 13.2. The molecule has 5 atom stereocenters. The molecular formula is C32H35NO4S. The molecule has 0 radical (unpaired) electrons. The summed E-state index contributed by atoms with van der Waals surface area (Å²) in [5.74, 6) is 3.41. The molecule has 3 aromatic carbocycles. The first-order chi connectivity index (χ1) is 18.4. The number of ether oxygens (including phenoxy) is 1. The number of carbonyl (C=O) groups is 1. The van der Waals surface area contributed by atoms with Crippen molar-refractivity contribution in [2.45, 2.75) is 62.8 Å². The second-order valence-electron chi connectivity index (χ2n) is 11.2. The molecule has 6 rings (SSSR count). The third-order valence-corrected chi connectivity index (χ3v) is 11.0. The molecule has 0 heterocycles. The summed E-state index contributed by atoms with van der Waals surface area (Å²) < 4.78 is 30.3. The highest BCUT2D eigenvalue weighted by Crippen LogP contribution is 2.59. The van der Waals surface area contributed by atoms with Crippen molar-refractivity contribution in [2.24, 2.45) is 21.6 Å². The molecule has 198 valence electrons. The molecule has 0 amide bonds. The third kappa shape index (κ3) is 4.43. The maximum Gasteiger partial charge on any atom is 0.236 e. The highest BCUT2D eigenvalue weighted by molar-refractivity contribution is 7.89. The van der Waals surface area contributed by atoms with E-state index in [0.29, 0.717) is 34.2 Å². The fourth-order valence-corrected chi connectivity index (χ4v) is 8.63. The summed E-state index contributed by atoms with van der Waals surface area (Å²) in [6.07, 6.45) is 5.91. The van der Waals surface area contributed by atoms with Crippen LogP contribution in [0.3, 0.4) is 0 Å². The predicted octanol–water partition coefficient (Wildman–Crippen LogP) is 7.14. The predicted molar refractivity (Wildman–Crippen MR) is 149 cm³/mol. The summed E-state index contributed by atoms with van der Waals surface area (Å²) in [5, 5.41) is 0. The molecule has 6 heteroatoms. The Labute approximate surface area is 226 Å². The van der Waals surface area contributed by atoms with Crippen molar-refractivity contribution in [2.75, 3.05) is 7.11 Å². The van der Waals surface area contributed by atoms with Gasteiger partial charge >= 0.3 is 0 Å². The minimum atomic E-state index is -3.15. The molecule has 3 aliphatic rings. The quantitative estimate of drug-likeness (QED) is 0.340. The van der Waals surface area contributed by atoms with Gasteiger partial charge in [-0.2, -0.15) is 4.36 Å². The highest BCUT2D eigenvalue weighted by Gasteiger charge is 2.54. The number of carbonyl (C=O) groups excluding carboxylic acids is 1. The maximum atomic E-state index is 14.2. The van der Waals surface area contributed by atoms with E-state index in [9.17, 15) is 9.00 Å². The van der Waals surface area contributed by atoms with Crippen molar-refractivity contribution < 1.29 is 17.9 Å². The Balaban J connectivity index is 1.28. The van der Waals surface area contributed by atoms with Crippen LogP contribution in [0.4, 0.5) is 0 Å². The topological polar surface area (TPSA) is 65.0 Å². The van der Waals surface area contributed by atoms with Gasteiger partial charge in [-0.05, 0) is 103 Å². The second-order valence-corrected chi connectivity index (χ2v) is 13.0. The van der Waals surface area contributed by atoms with Gasteiger partial charge in [0.05, 0.1) is 18.6 Å². The van der Waals surface area contributed by atoms with Crippen LogP contribution in [-0.2, 0) is 27.8 Å². The smallest absolute Gasteiger partial charge is 0.236 e. The van der Waals surface area contributed by atoms with Crippen LogP contribution >= 0.6 is 0 Å². The first kappa shape index (κ1) is 25.2. The van der Waals surface area contributed by atoms with Crippen LogP contribution in [-0.4, -0.2) is 17.1 Å². The van der Waals surface area contributed by atoms with Gasteiger partial charge in [-0.1, -0.05) is 43.3 Å². The normalized spacial score (nSPS) is 27.4. The van der Waals surface area contributed by atoms with E-state index in [4.69, 9.17) is 8.92 Å². The van der Waals surface area contributed by atoms with Gasteiger partial charge in [0.25, 0.3) is 0 Å². The third-order valence-electron chi connectivity index (χ3n) is 9.23. The van der Waals surface area contributed by atoms with E-state index in [0.717, 1.165) is 49.8 Å². The van der Waals surface area contributed by atoms with E-state index < -0.39 is 10.0 Å². The van der Waals surface area contributed by atoms with Crippen molar-refractivity contribution in [1.29, 1.82) is 0 Å². The van der Waals surface area contributed by atoms with E-state index in [2.05, 4.69) is 23.4 Å². The molecule has 38 heavy (non-hydrogen) atoms. The van der Waals surface area contributed by atoms with Gasteiger partial charge in [-0.25, -0.2) is 4.21 Å². The van der Waals surface area contributed by atoms with Gasteiger partial charge in [0, 0.05) is 11.8 Å². The SMILES string of the molecule is COc1ccc(CN=[S@@](=O)(Oc2ccc3c(c2)CC[C@@H]2[C@@H]3CC[C@]3(C)C(=O)CC[C@@H]23)c2ccccc2)cc1. The lowest BCUT2D eigenvalue weighted by Crippen LogP contribution is -2.42. The number of methoxy groups -OCH3 is 1. The summed E-state index contributed by atoms with van der Waals surface area (Å²) in [7, 11) is -1.52. The molecule has 0 unspecified atom stereocenters. The van der Waals surface area contributed by atoms with E-state index >= 15 is 0 Å². The average molecular weight is 530 g/mol. The Kier molecular flexibility index (Phi) is 6.55. The minimum absolute atomic E-state index is 0.117. The summed E-state index contributed by atoms with van der Waals surface area (Å²) in [6, 6.07) is 23.1. The van der Waals surface area contributed by atoms with Crippen LogP contribution in [0, 0.1) is 17.3 Å². The van der Waals surface area contributed by atoms with Crippen LogP contribution in [0.25, 0.3) is 0 Å². The Hall–Kier alpha value is -3.12. The standard InChI is InChI=1S/C32H35NO4S/c1-32-19-18-28-27-15-13-25(20-23(27)10-14-29(28)30(32)16-17-31(32)34)37-38(35,26-6-4-3-5-7-26)33-21-22-8-11-24(36-2)12-9-22/h3-9,11-13,15,20,28-30H,10,14,16-19,21H2,1-2H3/t28-,29-,30+,32+,38+/m1/s1. The number of ketones is 1. The Morgan fingerprint density at radius 3 is 2.47 bits per heavy atom. The van der Waals surface area contributed by atoms with E-state index in [1.54, 1.807) is 7.11 Å². The Morgan fingerprint density at radius 2 is 1.71 bits per heavy atom. The van der Waals surface area contributed by atoms with Crippen molar-refractivity contribution in [3.63, 3.8) is 0 Å². The first-order valence-corrected chi connectivity index (χ1v) is 15.1. The Bertz CT molecular complexity index is 1460. The average Bonchev–Trinajstić information content (AvgIpc) is 3.26. The van der Waals surface area contributed by atoms with Gasteiger partial charge in [-0.3, -0.25) is 4.79 Å². The van der Waals surface area contributed by atoms with Crippen LogP contribution < -0.4 is 8.92 Å². The van der Waals surface area contributed by atoms with Gasteiger partial charge < -0.3 is 8.92 Å². The number of aryl methyl sites for hydroxylation is 1. The molecule has 0 aromatic heterocycles. The van der Waals surface area contributed by atoms with Crippen LogP contribution in [0.15, 0.2) is 82.1 Å². The lowest BCUT2D eigenvalue weighted by atomic mass is 9.55. The highest BCUT2D eigenvalue weighted by atomic mass is 32.2. The number of benzene rings is 3. The zero-order valence-corrected chi connectivity index (χ0v) is 22.9. The molecule has 3 aromatic rings. The molecule has 0 bridgehead atoms. The van der Waals surface area contributed by atoms with Crippen molar-refractivity contribution in [3.05, 3.63) is 89.5 Å². The first-order valence-electron chi connectivity index (χ1n) is 13.7. The molecule has 0 saturated heterocycles. The summed E-state index contributed by atoms with van der Waals surface area (Å²) >= 11 is 0. The zero-order valence-electron chi connectivity index (χ0n) is 22.1. The summed E-state index contributed by atoms with van der Waals surface area (Å²) in [5.41, 5.74) is 3.48. The van der Waals surface area contributed by atoms with E-state index in [1.165, 1.54) is 11.1 Å². The molecule has 2 saturated carbocycles. The van der Waals surface area contributed by atoms with Crippen molar-refractivity contribution >= 4 is 15.8 Å². The number of nitrogens with zero attached hydrogens (tertiary/aromatic N) is 1. The van der Waals surface area contributed by atoms with Crippen molar-refractivity contribution in [3.8, 4) is 11.5 Å². The number of rotatable bonds is 6. The fraction of sp³-hybridized carbons (Fsp3) is 0.406. The van der Waals surface area contributed by atoms with Gasteiger partial charge in [0.1, 0.15) is 17.3 Å². The Morgan fingerprint density at radius 1 is 0.947 bits per heavy atom. The number of fused-ring (bicyclic) bond motifs is 5. The van der Waals surface area contributed by atoms with Gasteiger partial charge in [-0.15, -0.1) is 0 Å². The molecular weight excluding hydrogens is 494 g/mol. The molecule has 3 aliphatic carbocycles. The lowest BCUT2D eigenvalue weighted by Gasteiger charge is -2.48. The zero-order chi connectivity index (χ0) is 26.3. The van der Waals surface area contributed by atoms with E-state index in [-0.39, 0.29) is 12.0 Å². The van der Waals surface area contributed by atoms with Crippen LogP contribution in [0.2, 0.25) is 0 Å². The molecule has 0 N–H and O–H groups in total. The minimum Gasteiger partial charge on any atom is -0.497 e. The maximum absolute atomic E-state index is 14.2. The summed E-state index contributed by atoms with van der Waals surface area (Å²) in [6.45, 7) is 2.48. The van der Waals surface area contributed by atoms with Crippen LogP contribution in [0.5, 0.6) is 11.5 Å². The fourth-order valence-electron chi connectivity index (χ4n) is 7.14. The van der Waals surface area contributed by atoms with Gasteiger partial charge in [0.2, 0.25) is 10.0 Å². The van der Waals surface area contributed by atoms with Crippen LogP contribution in [0.1, 0.15) is 61.6 Å². The second kappa shape index (κ2) is 9.88. The number of Topliss-reactive ketones (excluding diaryl/α,β-unsaturated/α-hetero) is 1. The number of hydrogen-bond donors (Lipinski definition) is 0.